The van der Waals surface area contributed by atoms with E-state index in [-0.39, 0.29) is 24.5 Å². The quantitative estimate of drug-likeness (QED) is 0.878. The third-order valence-corrected chi connectivity index (χ3v) is 3.05. The first kappa shape index (κ1) is 13.5. The smallest absolute Gasteiger partial charge is 0.253 e. The van der Waals surface area contributed by atoms with E-state index in [1.165, 1.54) is 0 Å². The van der Waals surface area contributed by atoms with Crippen LogP contribution >= 0.6 is 0 Å². The Morgan fingerprint density at radius 1 is 1.42 bits per heavy atom. The average Bonchev–Trinajstić information content (AvgIpc) is 2.47. The summed E-state index contributed by atoms with van der Waals surface area (Å²) in [6.45, 7) is 2.76. The van der Waals surface area contributed by atoms with Gasteiger partial charge in [-0.3, -0.25) is 9.59 Å². The molecule has 0 aliphatic carbocycles. The SMILES string of the molecule is CCC(=O)NCC1CN(c2ccccc2)C(=O)CO1. The minimum absolute atomic E-state index is 0.00763. The summed E-state index contributed by atoms with van der Waals surface area (Å²) in [6, 6.07) is 9.49. The van der Waals surface area contributed by atoms with Gasteiger partial charge in [0, 0.05) is 18.7 Å². The summed E-state index contributed by atoms with van der Waals surface area (Å²) < 4.78 is 5.43. The standard InChI is InChI=1S/C14H18N2O3/c1-2-13(17)15-8-12-9-16(14(18)10-19-12)11-6-4-3-5-7-11/h3-7,12H,2,8-10H2,1H3,(H,15,17). The molecule has 2 rings (SSSR count). The highest BCUT2D eigenvalue weighted by atomic mass is 16.5. The molecule has 1 aromatic rings. The average molecular weight is 262 g/mol. The van der Waals surface area contributed by atoms with E-state index in [4.69, 9.17) is 4.74 Å². The Hall–Kier alpha value is -1.88. The van der Waals surface area contributed by atoms with Crippen LogP contribution in [-0.2, 0) is 14.3 Å². The summed E-state index contributed by atoms with van der Waals surface area (Å²) >= 11 is 0. The van der Waals surface area contributed by atoms with E-state index in [1.54, 1.807) is 11.8 Å². The van der Waals surface area contributed by atoms with Crippen LogP contribution in [0.2, 0.25) is 0 Å². The van der Waals surface area contributed by atoms with Crippen LogP contribution in [0.5, 0.6) is 0 Å². The normalized spacial score (nSPS) is 19.3. The van der Waals surface area contributed by atoms with Crippen molar-refractivity contribution < 1.29 is 14.3 Å². The molecule has 1 unspecified atom stereocenters. The molecule has 1 heterocycles. The first-order valence-corrected chi connectivity index (χ1v) is 6.44. The van der Waals surface area contributed by atoms with E-state index in [0.29, 0.717) is 19.5 Å². The number of benzene rings is 1. The molecular formula is C14H18N2O3. The minimum Gasteiger partial charge on any atom is -0.365 e. The van der Waals surface area contributed by atoms with E-state index >= 15 is 0 Å². The number of hydrogen-bond donors (Lipinski definition) is 1. The Morgan fingerprint density at radius 2 is 2.16 bits per heavy atom. The van der Waals surface area contributed by atoms with E-state index in [0.717, 1.165) is 5.69 Å². The van der Waals surface area contributed by atoms with Crippen molar-refractivity contribution in [2.45, 2.75) is 19.4 Å². The largest absolute Gasteiger partial charge is 0.365 e. The van der Waals surface area contributed by atoms with Crippen molar-refractivity contribution in [1.82, 2.24) is 5.32 Å². The van der Waals surface area contributed by atoms with Gasteiger partial charge in [0.15, 0.2) is 0 Å². The van der Waals surface area contributed by atoms with Gasteiger partial charge in [-0.05, 0) is 12.1 Å². The van der Waals surface area contributed by atoms with Gasteiger partial charge < -0.3 is 15.0 Å². The van der Waals surface area contributed by atoms with Gasteiger partial charge in [-0.25, -0.2) is 0 Å². The van der Waals surface area contributed by atoms with Crippen LogP contribution in [0.4, 0.5) is 5.69 Å². The van der Waals surface area contributed by atoms with Crippen LogP contribution in [0.1, 0.15) is 13.3 Å². The lowest BCUT2D eigenvalue weighted by Gasteiger charge is -2.32. The third-order valence-electron chi connectivity index (χ3n) is 3.05. The number of carbonyl (C=O) groups excluding carboxylic acids is 2. The zero-order valence-electron chi connectivity index (χ0n) is 11.0. The molecule has 1 N–H and O–H groups in total. The number of amides is 2. The number of nitrogens with one attached hydrogen (secondary N) is 1. The van der Waals surface area contributed by atoms with Gasteiger partial charge in [-0.15, -0.1) is 0 Å². The molecule has 1 aliphatic rings. The molecule has 0 bridgehead atoms. The Bertz CT molecular complexity index is 447. The Morgan fingerprint density at radius 3 is 2.84 bits per heavy atom. The molecule has 1 fully saturated rings. The van der Waals surface area contributed by atoms with Crippen molar-refractivity contribution in [2.24, 2.45) is 0 Å². The van der Waals surface area contributed by atoms with Crippen molar-refractivity contribution >= 4 is 17.5 Å². The lowest BCUT2D eigenvalue weighted by molar-refractivity contribution is -0.129. The van der Waals surface area contributed by atoms with Gasteiger partial charge in [-0.1, -0.05) is 25.1 Å². The fourth-order valence-corrected chi connectivity index (χ4v) is 1.96. The van der Waals surface area contributed by atoms with Gasteiger partial charge in [0.25, 0.3) is 5.91 Å². The molecule has 1 aromatic carbocycles. The van der Waals surface area contributed by atoms with Crippen molar-refractivity contribution in [3.8, 4) is 0 Å². The first-order valence-electron chi connectivity index (χ1n) is 6.44. The molecule has 0 saturated carbocycles. The van der Waals surface area contributed by atoms with Gasteiger partial charge in [0.2, 0.25) is 5.91 Å². The minimum atomic E-state index is -0.159. The van der Waals surface area contributed by atoms with Crippen molar-refractivity contribution in [3.05, 3.63) is 30.3 Å². The second kappa shape index (κ2) is 6.33. The molecule has 1 aliphatic heterocycles. The van der Waals surface area contributed by atoms with E-state index in [1.807, 2.05) is 30.3 Å². The van der Waals surface area contributed by atoms with Gasteiger partial charge >= 0.3 is 0 Å². The molecule has 19 heavy (non-hydrogen) atoms. The summed E-state index contributed by atoms with van der Waals surface area (Å²) in [6.07, 6.45) is 0.294. The van der Waals surface area contributed by atoms with E-state index in [9.17, 15) is 9.59 Å². The molecule has 0 spiro atoms. The maximum atomic E-state index is 11.8. The second-order valence-corrected chi connectivity index (χ2v) is 4.43. The Labute approximate surface area is 112 Å². The maximum Gasteiger partial charge on any atom is 0.253 e. The first-order chi connectivity index (χ1) is 9.20. The summed E-state index contributed by atoms with van der Waals surface area (Å²) in [7, 11) is 0. The van der Waals surface area contributed by atoms with Crippen LogP contribution in [0.15, 0.2) is 30.3 Å². The van der Waals surface area contributed by atoms with Crippen LogP contribution in [-0.4, -0.2) is 37.6 Å². The molecular weight excluding hydrogens is 244 g/mol. The third kappa shape index (κ3) is 3.54. The number of ether oxygens (including phenoxy) is 1. The highest BCUT2D eigenvalue weighted by molar-refractivity contribution is 5.94. The molecule has 1 atom stereocenters. The number of rotatable bonds is 4. The predicted molar refractivity (Wildman–Crippen MR) is 71.8 cm³/mol. The van der Waals surface area contributed by atoms with Crippen LogP contribution in [0, 0.1) is 0 Å². The monoisotopic (exact) mass is 262 g/mol. The number of anilines is 1. The number of carbonyl (C=O) groups is 2. The fraction of sp³-hybridized carbons (Fsp3) is 0.429. The number of nitrogens with zero attached hydrogens (tertiary/aromatic N) is 1. The van der Waals surface area contributed by atoms with E-state index in [2.05, 4.69) is 5.32 Å². The van der Waals surface area contributed by atoms with Crippen LogP contribution in [0.3, 0.4) is 0 Å². The lowest BCUT2D eigenvalue weighted by atomic mass is 10.2. The number of para-hydroxylation sites is 1. The van der Waals surface area contributed by atoms with Crippen LogP contribution in [0.25, 0.3) is 0 Å². The number of hydrogen-bond acceptors (Lipinski definition) is 3. The van der Waals surface area contributed by atoms with Crippen LogP contribution < -0.4 is 10.2 Å². The predicted octanol–water partition coefficient (Wildman–Crippen LogP) is 0.945. The lowest BCUT2D eigenvalue weighted by Crippen LogP contribution is -2.50. The summed E-state index contributed by atoms with van der Waals surface area (Å²) in [5.41, 5.74) is 0.864. The van der Waals surface area contributed by atoms with Gasteiger partial charge in [0.05, 0.1) is 12.6 Å². The molecule has 5 heteroatoms. The molecule has 5 nitrogen and oxygen atoms in total. The van der Waals surface area contributed by atoms with Gasteiger partial charge in [0.1, 0.15) is 6.61 Å². The van der Waals surface area contributed by atoms with E-state index < -0.39 is 0 Å². The topological polar surface area (TPSA) is 58.6 Å². The summed E-state index contributed by atoms with van der Waals surface area (Å²) in [5, 5.41) is 2.79. The van der Waals surface area contributed by atoms with Crippen molar-refractivity contribution in [3.63, 3.8) is 0 Å². The molecule has 0 radical (unpaired) electrons. The Balaban J connectivity index is 1.97. The van der Waals surface area contributed by atoms with Crippen molar-refractivity contribution in [2.75, 3.05) is 24.6 Å². The number of morpholine rings is 1. The van der Waals surface area contributed by atoms with Gasteiger partial charge in [-0.2, -0.15) is 0 Å². The molecule has 1 saturated heterocycles. The zero-order chi connectivity index (χ0) is 13.7. The molecule has 102 valence electrons. The second-order valence-electron chi connectivity index (χ2n) is 4.43. The molecule has 0 aromatic heterocycles. The molecule has 2 amide bonds. The highest BCUT2D eigenvalue weighted by Gasteiger charge is 2.27. The zero-order valence-corrected chi connectivity index (χ0v) is 11.0. The highest BCUT2D eigenvalue weighted by Crippen LogP contribution is 2.17. The summed E-state index contributed by atoms with van der Waals surface area (Å²) in [4.78, 5) is 24.8. The summed E-state index contributed by atoms with van der Waals surface area (Å²) in [5.74, 6) is -0.0592. The van der Waals surface area contributed by atoms with Crippen molar-refractivity contribution in [1.29, 1.82) is 0 Å². The fourth-order valence-electron chi connectivity index (χ4n) is 1.96. The Kier molecular flexibility index (Phi) is 4.52. The maximum absolute atomic E-state index is 11.8.